The first-order chi connectivity index (χ1) is 11.8. The van der Waals surface area contributed by atoms with Crippen molar-refractivity contribution in [3.63, 3.8) is 0 Å². The quantitative estimate of drug-likeness (QED) is 0.308. The van der Waals surface area contributed by atoms with Gasteiger partial charge in [0.1, 0.15) is 18.8 Å². The molecule has 0 fully saturated rings. The zero-order chi connectivity index (χ0) is 18.9. The molecular formula is C15H21F2NO6P+. The van der Waals surface area contributed by atoms with Gasteiger partial charge in [-0.15, -0.1) is 4.52 Å². The molecule has 1 unspecified atom stereocenters. The first-order valence-electron chi connectivity index (χ1n) is 7.49. The molecule has 10 heteroatoms. The number of halogens is 2. The molecule has 0 aliphatic carbocycles. The van der Waals surface area contributed by atoms with Crippen LogP contribution in [0.2, 0.25) is 0 Å². The van der Waals surface area contributed by atoms with Crippen LogP contribution >= 0.6 is 8.03 Å². The summed E-state index contributed by atoms with van der Waals surface area (Å²) in [6, 6.07) is 8.98. The van der Waals surface area contributed by atoms with Crippen LogP contribution in [0.5, 0.6) is 0 Å². The van der Waals surface area contributed by atoms with Gasteiger partial charge in [0.25, 0.3) is 0 Å². The summed E-state index contributed by atoms with van der Waals surface area (Å²) in [4.78, 5) is 4.89. The summed E-state index contributed by atoms with van der Waals surface area (Å²) >= 11 is 0. The molecule has 0 radical (unpaired) electrons. The van der Waals surface area contributed by atoms with Gasteiger partial charge in [-0.05, 0) is 17.1 Å². The zero-order valence-electron chi connectivity index (χ0n) is 13.5. The average Bonchev–Trinajstić information content (AvgIpc) is 2.58. The zero-order valence-corrected chi connectivity index (χ0v) is 14.4. The van der Waals surface area contributed by atoms with Crippen molar-refractivity contribution < 1.29 is 38.0 Å². The number of aliphatic hydroxyl groups is 3. The van der Waals surface area contributed by atoms with Crippen molar-refractivity contribution in [1.82, 2.24) is 0 Å². The molecule has 0 aromatic heterocycles. The van der Waals surface area contributed by atoms with E-state index in [4.69, 9.17) is 4.84 Å². The third kappa shape index (κ3) is 7.50. The topological polar surface area (TPSA) is 109 Å². The number of nitrogens with zero attached hydrogens (tertiary/aromatic N) is 1. The van der Waals surface area contributed by atoms with E-state index in [-0.39, 0.29) is 13.2 Å². The van der Waals surface area contributed by atoms with E-state index < -0.39 is 38.4 Å². The van der Waals surface area contributed by atoms with Crippen molar-refractivity contribution >= 4 is 14.2 Å². The molecule has 25 heavy (non-hydrogen) atoms. The second kappa shape index (κ2) is 10.5. The van der Waals surface area contributed by atoms with E-state index in [1.54, 1.807) is 24.3 Å². The second-order valence-corrected chi connectivity index (χ2v) is 6.53. The van der Waals surface area contributed by atoms with Gasteiger partial charge >= 0.3 is 13.7 Å². The Balaban J connectivity index is 2.47. The number of hydrogen-bond acceptors (Lipinski definition) is 7. The maximum Gasteiger partial charge on any atom is 0.586 e. The fourth-order valence-corrected chi connectivity index (χ4v) is 2.53. The molecule has 140 valence electrons. The molecule has 7 nitrogen and oxygen atoms in total. The van der Waals surface area contributed by atoms with Crippen LogP contribution in [0.25, 0.3) is 0 Å². The smallest absolute Gasteiger partial charge is 0.391 e. The van der Waals surface area contributed by atoms with Crippen molar-refractivity contribution in [3.05, 3.63) is 35.9 Å². The number of benzene rings is 1. The Labute approximate surface area is 144 Å². The molecule has 1 aromatic rings. The lowest BCUT2D eigenvalue weighted by atomic mass is 10.1. The van der Waals surface area contributed by atoms with Gasteiger partial charge < -0.3 is 20.2 Å². The Kier molecular flexibility index (Phi) is 9.02. The first kappa shape index (κ1) is 21.5. The lowest BCUT2D eigenvalue weighted by Crippen LogP contribution is -2.41. The highest BCUT2D eigenvalue weighted by atomic mass is 31.1. The third-order valence-electron chi connectivity index (χ3n) is 3.07. The fraction of sp³-hybridized carbons (Fsp3) is 0.533. The maximum absolute atomic E-state index is 13.6. The van der Waals surface area contributed by atoms with Crippen molar-refractivity contribution in [2.24, 2.45) is 5.16 Å². The van der Waals surface area contributed by atoms with E-state index in [0.29, 0.717) is 0 Å². The van der Waals surface area contributed by atoms with Crippen molar-refractivity contribution in [1.29, 1.82) is 0 Å². The summed E-state index contributed by atoms with van der Waals surface area (Å²) < 4.78 is 42.6. The van der Waals surface area contributed by atoms with Crippen LogP contribution < -0.4 is 0 Å². The molecule has 3 N–H and O–H groups in total. The normalized spacial score (nSPS) is 16.5. The molecule has 1 aromatic carbocycles. The van der Waals surface area contributed by atoms with E-state index >= 15 is 0 Å². The van der Waals surface area contributed by atoms with Crippen molar-refractivity contribution in [3.8, 4) is 0 Å². The van der Waals surface area contributed by atoms with Crippen LogP contribution in [0.4, 0.5) is 8.78 Å². The summed E-state index contributed by atoms with van der Waals surface area (Å²) in [5.74, 6) is 0. The SMILES string of the molecule is CCO[P+](=O)C(F)(F)C[C@@H](O)[C@@H](O)[C@@H](O)/C=N\OCc1ccccc1. The van der Waals surface area contributed by atoms with E-state index in [2.05, 4.69) is 9.68 Å². The second-order valence-electron chi connectivity index (χ2n) is 5.11. The fourth-order valence-electron chi connectivity index (χ4n) is 1.77. The van der Waals surface area contributed by atoms with E-state index in [1.165, 1.54) is 6.92 Å². The Morgan fingerprint density at radius 2 is 1.92 bits per heavy atom. The summed E-state index contributed by atoms with van der Waals surface area (Å²) in [5.41, 5.74) is -3.03. The molecule has 4 atom stereocenters. The third-order valence-corrected chi connectivity index (χ3v) is 4.28. The minimum Gasteiger partial charge on any atom is -0.391 e. The predicted octanol–water partition coefficient (Wildman–Crippen LogP) is 2.03. The van der Waals surface area contributed by atoms with E-state index in [0.717, 1.165) is 11.8 Å². The summed E-state index contributed by atoms with van der Waals surface area (Å²) in [7, 11) is -3.33. The summed E-state index contributed by atoms with van der Waals surface area (Å²) in [6.45, 7) is 1.32. The Morgan fingerprint density at radius 3 is 2.52 bits per heavy atom. The maximum atomic E-state index is 13.6. The van der Waals surface area contributed by atoms with Crippen LogP contribution in [-0.2, 0) is 20.5 Å². The number of rotatable bonds is 11. The number of alkyl halides is 2. The van der Waals surface area contributed by atoms with Crippen molar-refractivity contribution in [2.45, 2.75) is 43.9 Å². The van der Waals surface area contributed by atoms with Gasteiger partial charge in [0, 0.05) is 0 Å². The summed E-state index contributed by atoms with van der Waals surface area (Å²) in [6.07, 6.45) is -6.30. The molecule has 0 bridgehead atoms. The number of hydrogen-bond donors (Lipinski definition) is 3. The van der Waals surface area contributed by atoms with E-state index in [9.17, 15) is 28.7 Å². The van der Waals surface area contributed by atoms with Gasteiger partial charge in [-0.2, -0.15) is 8.78 Å². The van der Waals surface area contributed by atoms with Gasteiger partial charge in [0.2, 0.25) is 0 Å². The largest absolute Gasteiger partial charge is 0.586 e. The van der Waals surface area contributed by atoms with Crippen LogP contribution in [0, 0.1) is 0 Å². The van der Waals surface area contributed by atoms with Gasteiger partial charge in [-0.1, -0.05) is 35.5 Å². The Hall–Kier alpha value is -1.51. The molecule has 1 rings (SSSR count). The monoisotopic (exact) mass is 380 g/mol. The molecule has 0 saturated carbocycles. The van der Waals surface area contributed by atoms with Crippen LogP contribution in [0.3, 0.4) is 0 Å². The predicted molar refractivity (Wildman–Crippen MR) is 86.5 cm³/mol. The van der Waals surface area contributed by atoms with Gasteiger partial charge in [0.15, 0.2) is 0 Å². The van der Waals surface area contributed by atoms with Gasteiger partial charge in [-0.25, -0.2) is 0 Å². The molecule has 0 saturated heterocycles. The number of oxime groups is 1. The minimum absolute atomic E-state index is 0.107. The lowest BCUT2D eigenvalue weighted by molar-refractivity contribution is -0.0690. The first-order valence-corrected chi connectivity index (χ1v) is 8.67. The van der Waals surface area contributed by atoms with Crippen molar-refractivity contribution in [2.75, 3.05) is 6.61 Å². The Bertz CT molecular complexity index is 560. The van der Waals surface area contributed by atoms with Gasteiger partial charge in [-0.3, -0.25) is 0 Å². The standard InChI is InChI=1S/C15H21F2NO6P/c1-2-24-25(22)15(16,17)8-12(19)14(21)13(20)9-18-23-10-11-6-4-3-5-7-11/h3-7,9,12-14,19-21H,2,8,10H2,1H3/q+1/b18-9-/t12-,13+,14-/m1/s1. The molecule has 0 aliphatic heterocycles. The molecule has 0 heterocycles. The number of aliphatic hydroxyl groups excluding tert-OH is 3. The highest BCUT2D eigenvalue weighted by molar-refractivity contribution is 7.40. The molecule has 0 amide bonds. The van der Waals surface area contributed by atoms with Crippen LogP contribution in [0.1, 0.15) is 18.9 Å². The Morgan fingerprint density at radius 1 is 1.28 bits per heavy atom. The van der Waals surface area contributed by atoms with Gasteiger partial charge in [0.05, 0.1) is 25.3 Å². The lowest BCUT2D eigenvalue weighted by Gasteiger charge is -2.20. The minimum atomic E-state index is -3.84. The molecule has 0 aliphatic rings. The average molecular weight is 380 g/mol. The van der Waals surface area contributed by atoms with E-state index in [1.807, 2.05) is 6.07 Å². The molecule has 0 spiro atoms. The highest BCUT2D eigenvalue weighted by Gasteiger charge is 2.55. The molecular weight excluding hydrogens is 359 g/mol. The van der Waals surface area contributed by atoms with Crippen LogP contribution in [0.15, 0.2) is 35.5 Å². The van der Waals surface area contributed by atoms with Crippen LogP contribution in [-0.4, -0.2) is 52.1 Å². The summed E-state index contributed by atoms with van der Waals surface area (Å²) in [5, 5.41) is 32.3. The highest BCUT2D eigenvalue weighted by Crippen LogP contribution is 2.46.